The lowest BCUT2D eigenvalue weighted by Crippen LogP contribution is -2.24. The molecule has 2 rings (SSSR count). The Morgan fingerprint density at radius 2 is 2.00 bits per heavy atom. The molecule has 0 spiro atoms. The number of rotatable bonds is 4. The number of aromatic nitrogens is 1. The first kappa shape index (κ1) is 16.7. The molecule has 0 saturated heterocycles. The van der Waals surface area contributed by atoms with E-state index in [1.165, 1.54) is 11.3 Å². The van der Waals surface area contributed by atoms with Crippen LogP contribution in [0.25, 0.3) is 0 Å². The molecule has 1 heterocycles. The molecule has 22 heavy (non-hydrogen) atoms. The summed E-state index contributed by atoms with van der Waals surface area (Å²) >= 11 is 1.27. The summed E-state index contributed by atoms with van der Waals surface area (Å²) in [5.74, 6) is -1.07. The van der Waals surface area contributed by atoms with E-state index in [9.17, 15) is 26.0 Å². The van der Waals surface area contributed by atoms with E-state index in [2.05, 4.69) is 10.3 Å². The van der Waals surface area contributed by atoms with Crippen LogP contribution in [0.2, 0.25) is 0 Å². The first-order valence-corrected chi connectivity index (χ1v) is 8.23. The van der Waals surface area contributed by atoms with E-state index in [0.717, 1.165) is 17.0 Å². The molecular formula is C12H10F4N2O2S2. The predicted octanol–water partition coefficient (Wildman–Crippen LogP) is 3.50. The minimum absolute atomic E-state index is 0.0858. The lowest BCUT2D eigenvalue weighted by Gasteiger charge is -2.14. The number of hydrogen-bond acceptors (Lipinski definition) is 5. The molecule has 0 saturated carbocycles. The Labute approximate surface area is 127 Å². The predicted molar refractivity (Wildman–Crippen MR) is 73.8 cm³/mol. The number of anilines is 1. The third-order valence-corrected chi connectivity index (χ3v) is 5.28. The van der Waals surface area contributed by atoms with Crippen LogP contribution in [0.4, 0.5) is 23.2 Å². The van der Waals surface area contributed by atoms with Crippen LogP contribution in [-0.4, -0.2) is 18.9 Å². The average molecular weight is 354 g/mol. The van der Waals surface area contributed by atoms with Crippen molar-refractivity contribution in [2.24, 2.45) is 0 Å². The molecule has 4 nitrogen and oxygen atoms in total. The molecule has 0 aliphatic carbocycles. The van der Waals surface area contributed by atoms with Gasteiger partial charge in [0.1, 0.15) is 10.7 Å². The Kier molecular flexibility index (Phi) is 4.43. The first-order chi connectivity index (χ1) is 10.1. The zero-order chi connectivity index (χ0) is 16.5. The summed E-state index contributed by atoms with van der Waals surface area (Å²) in [6.45, 7) is 1.80. The molecule has 120 valence electrons. The highest BCUT2D eigenvalue weighted by molar-refractivity contribution is 7.92. The van der Waals surface area contributed by atoms with Gasteiger partial charge in [-0.2, -0.15) is 13.2 Å². The average Bonchev–Trinajstić information content (AvgIpc) is 2.81. The van der Waals surface area contributed by atoms with Gasteiger partial charge in [0.25, 0.3) is 9.84 Å². The lowest BCUT2D eigenvalue weighted by atomic mass is 10.3. The van der Waals surface area contributed by atoms with Crippen molar-refractivity contribution in [2.75, 3.05) is 5.32 Å². The third kappa shape index (κ3) is 3.22. The van der Waals surface area contributed by atoms with Crippen molar-refractivity contribution in [3.8, 4) is 0 Å². The number of aryl methyl sites for hydroxylation is 1. The molecule has 0 radical (unpaired) electrons. The topological polar surface area (TPSA) is 59.1 Å². The van der Waals surface area contributed by atoms with Crippen molar-refractivity contribution >= 4 is 26.9 Å². The Hall–Kier alpha value is -1.68. The number of nitrogens with one attached hydrogen (secondary N) is 1. The van der Waals surface area contributed by atoms with Crippen LogP contribution in [-0.2, 0) is 16.4 Å². The molecule has 0 unspecified atom stereocenters. The van der Waals surface area contributed by atoms with Crippen LogP contribution in [0.1, 0.15) is 10.6 Å². The van der Waals surface area contributed by atoms with Crippen LogP contribution in [0, 0.1) is 12.7 Å². The number of nitrogens with zero attached hydrogens (tertiary/aromatic N) is 1. The summed E-state index contributed by atoms with van der Waals surface area (Å²) in [5.41, 5.74) is -3.58. The Morgan fingerprint density at radius 1 is 1.32 bits per heavy atom. The van der Waals surface area contributed by atoms with E-state index in [1.807, 2.05) is 0 Å². The maximum atomic E-state index is 13.2. The van der Waals surface area contributed by atoms with E-state index in [0.29, 0.717) is 11.8 Å². The lowest BCUT2D eigenvalue weighted by molar-refractivity contribution is -0.0435. The number of alkyl halides is 3. The maximum Gasteiger partial charge on any atom is 0.501 e. The Bertz CT molecular complexity index is 785. The van der Waals surface area contributed by atoms with E-state index in [1.54, 1.807) is 12.4 Å². The fraction of sp³-hybridized carbons (Fsp3) is 0.250. The SMILES string of the molecule is Cc1ncsc1CNc1ccc(F)cc1S(=O)(=O)C(F)(F)F. The number of hydrogen-bond donors (Lipinski definition) is 1. The second kappa shape index (κ2) is 5.84. The largest absolute Gasteiger partial charge is 0.501 e. The molecule has 0 aliphatic heterocycles. The molecular weight excluding hydrogens is 344 g/mol. The number of sulfone groups is 1. The molecule has 0 aliphatic rings. The number of benzene rings is 1. The van der Waals surface area contributed by atoms with Gasteiger partial charge in [-0.3, -0.25) is 0 Å². The van der Waals surface area contributed by atoms with Gasteiger partial charge < -0.3 is 5.32 Å². The third-order valence-electron chi connectivity index (χ3n) is 2.82. The normalized spacial score (nSPS) is 12.4. The van der Waals surface area contributed by atoms with Gasteiger partial charge in [-0.1, -0.05) is 0 Å². The first-order valence-electron chi connectivity index (χ1n) is 5.86. The van der Waals surface area contributed by atoms with Crippen molar-refractivity contribution < 1.29 is 26.0 Å². The highest BCUT2D eigenvalue weighted by Gasteiger charge is 2.48. The smallest absolute Gasteiger partial charge is 0.379 e. The maximum absolute atomic E-state index is 13.2. The summed E-state index contributed by atoms with van der Waals surface area (Å²) in [6, 6.07) is 2.20. The fourth-order valence-electron chi connectivity index (χ4n) is 1.66. The fourth-order valence-corrected chi connectivity index (χ4v) is 3.32. The van der Waals surface area contributed by atoms with Crippen molar-refractivity contribution in [2.45, 2.75) is 23.9 Å². The van der Waals surface area contributed by atoms with Crippen LogP contribution in [0.5, 0.6) is 0 Å². The molecule has 0 amide bonds. The number of thiazole rings is 1. The zero-order valence-electron chi connectivity index (χ0n) is 11.1. The quantitative estimate of drug-likeness (QED) is 0.854. The van der Waals surface area contributed by atoms with Crippen LogP contribution >= 0.6 is 11.3 Å². The van der Waals surface area contributed by atoms with E-state index < -0.39 is 26.1 Å². The Balaban J connectivity index is 2.39. The molecule has 0 atom stereocenters. The van der Waals surface area contributed by atoms with E-state index >= 15 is 0 Å². The standard InChI is InChI=1S/C12H10F4N2O2S2/c1-7-10(21-6-18-7)5-17-9-3-2-8(13)4-11(9)22(19,20)12(14,15)16/h2-4,6,17H,5H2,1H3. The van der Waals surface area contributed by atoms with Gasteiger partial charge in [-0.25, -0.2) is 17.8 Å². The summed E-state index contributed by atoms with van der Waals surface area (Å²) in [5, 5.41) is 2.59. The molecule has 1 aromatic heterocycles. The van der Waals surface area contributed by atoms with Gasteiger partial charge in [0.2, 0.25) is 0 Å². The van der Waals surface area contributed by atoms with Gasteiger partial charge >= 0.3 is 5.51 Å². The highest BCUT2D eigenvalue weighted by Crippen LogP contribution is 2.35. The molecule has 10 heteroatoms. The van der Waals surface area contributed by atoms with Crippen molar-refractivity contribution in [1.29, 1.82) is 0 Å². The minimum Gasteiger partial charge on any atom is -0.379 e. The minimum atomic E-state index is -5.65. The molecule has 2 aromatic rings. The van der Waals surface area contributed by atoms with Crippen LogP contribution in [0.3, 0.4) is 0 Å². The van der Waals surface area contributed by atoms with Gasteiger partial charge in [-0.15, -0.1) is 11.3 Å². The van der Waals surface area contributed by atoms with Crippen LogP contribution < -0.4 is 5.32 Å². The van der Waals surface area contributed by atoms with E-state index in [-0.39, 0.29) is 12.2 Å². The molecule has 1 aromatic carbocycles. The number of halogens is 4. The van der Waals surface area contributed by atoms with Gasteiger partial charge in [0, 0.05) is 4.88 Å². The molecule has 0 bridgehead atoms. The summed E-state index contributed by atoms with van der Waals surface area (Å²) < 4.78 is 74.2. The van der Waals surface area contributed by atoms with E-state index in [4.69, 9.17) is 0 Å². The van der Waals surface area contributed by atoms with Gasteiger partial charge in [0.15, 0.2) is 0 Å². The van der Waals surface area contributed by atoms with Crippen LogP contribution in [0.15, 0.2) is 28.6 Å². The Morgan fingerprint density at radius 3 is 2.55 bits per heavy atom. The second-order valence-corrected chi connectivity index (χ2v) is 7.15. The summed E-state index contributed by atoms with van der Waals surface area (Å²) in [6.07, 6.45) is 0. The monoisotopic (exact) mass is 354 g/mol. The summed E-state index contributed by atoms with van der Waals surface area (Å²) in [7, 11) is -5.65. The second-order valence-electron chi connectivity index (χ2n) is 4.30. The highest BCUT2D eigenvalue weighted by atomic mass is 32.2. The molecule has 0 fully saturated rings. The van der Waals surface area contributed by atoms with Crippen molar-refractivity contribution in [3.05, 3.63) is 40.1 Å². The summed E-state index contributed by atoms with van der Waals surface area (Å²) in [4.78, 5) is 3.57. The zero-order valence-corrected chi connectivity index (χ0v) is 12.7. The van der Waals surface area contributed by atoms with Gasteiger partial charge in [0.05, 0.1) is 23.4 Å². The van der Waals surface area contributed by atoms with Crippen molar-refractivity contribution in [1.82, 2.24) is 4.98 Å². The van der Waals surface area contributed by atoms with Crippen molar-refractivity contribution in [3.63, 3.8) is 0 Å². The van der Waals surface area contributed by atoms with Gasteiger partial charge in [-0.05, 0) is 25.1 Å². The molecule has 1 N–H and O–H groups in total.